The summed E-state index contributed by atoms with van der Waals surface area (Å²) in [6.45, 7) is 1.27. The van der Waals surface area contributed by atoms with Gasteiger partial charge >= 0.3 is 6.36 Å². The Morgan fingerprint density at radius 2 is 1.81 bits per heavy atom. The SMILES string of the molecule is CC(=O)Nc1cccc(C(=O)N(C)Cc2ccccc2OC(F)(F)F)c1. The molecule has 0 fully saturated rings. The summed E-state index contributed by atoms with van der Waals surface area (Å²) in [5.74, 6) is -1.04. The molecule has 2 amide bonds. The Kier molecular flexibility index (Phi) is 5.86. The van der Waals surface area contributed by atoms with Crippen LogP contribution in [-0.2, 0) is 11.3 Å². The van der Waals surface area contributed by atoms with Gasteiger partial charge in [0.15, 0.2) is 0 Å². The van der Waals surface area contributed by atoms with Crippen LogP contribution in [0, 0.1) is 0 Å². The van der Waals surface area contributed by atoms with Crippen molar-refractivity contribution in [3.8, 4) is 5.75 Å². The van der Waals surface area contributed by atoms with Crippen molar-refractivity contribution < 1.29 is 27.5 Å². The minimum absolute atomic E-state index is 0.0740. The lowest BCUT2D eigenvalue weighted by Gasteiger charge is -2.20. The predicted octanol–water partition coefficient (Wildman–Crippen LogP) is 3.82. The van der Waals surface area contributed by atoms with Crippen molar-refractivity contribution in [2.24, 2.45) is 0 Å². The van der Waals surface area contributed by atoms with Gasteiger partial charge in [-0.2, -0.15) is 0 Å². The highest BCUT2D eigenvalue weighted by atomic mass is 19.4. The third-order valence-electron chi connectivity index (χ3n) is 3.38. The smallest absolute Gasteiger partial charge is 0.405 e. The average molecular weight is 366 g/mol. The molecule has 8 heteroatoms. The molecule has 0 unspecified atom stereocenters. The number of ether oxygens (including phenoxy) is 1. The molecule has 5 nitrogen and oxygen atoms in total. The number of benzene rings is 2. The zero-order valence-corrected chi connectivity index (χ0v) is 14.1. The van der Waals surface area contributed by atoms with E-state index in [9.17, 15) is 22.8 Å². The van der Waals surface area contributed by atoms with Crippen LogP contribution in [0.5, 0.6) is 5.75 Å². The van der Waals surface area contributed by atoms with Gasteiger partial charge < -0.3 is 15.0 Å². The first-order valence-corrected chi connectivity index (χ1v) is 7.62. The van der Waals surface area contributed by atoms with Crippen molar-refractivity contribution in [3.63, 3.8) is 0 Å². The maximum atomic E-state index is 12.5. The molecule has 0 heterocycles. The van der Waals surface area contributed by atoms with Crippen molar-refractivity contribution >= 4 is 17.5 Å². The van der Waals surface area contributed by atoms with E-state index >= 15 is 0 Å². The van der Waals surface area contributed by atoms with E-state index in [0.29, 0.717) is 11.3 Å². The second-order valence-electron chi connectivity index (χ2n) is 5.58. The molecule has 2 aromatic rings. The molecule has 1 N–H and O–H groups in total. The maximum Gasteiger partial charge on any atom is 0.573 e. The molecule has 2 rings (SSSR count). The number of rotatable bonds is 5. The van der Waals surface area contributed by atoms with Crippen LogP contribution in [0.25, 0.3) is 0 Å². The number of halogens is 3. The number of para-hydroxylation sites is 1. The summed E-state index contributed by atoms with van der Waals surface area (Å²) in [6.07, 6.45) is -4.81. The number of carbonyl (C=O) groups excluding carboxylic acids is 2. The molecule has 0 aromatic heterocycles. The molecule has 0 saturated heterocycles. The molecular formula is C18H17F3N2O3. The van der Waals surface area contributed by atoms with Gasteiger partial charge in [-0.25, -0.2) is 0 Å². The van der Waals surface area contributed by atoms with Gasteiger partial charge in [0.25, 0.3) is 5.91 Å². The summed E-state index contributed by atoms with van der Waals surface area (Å²) in [7, 11) is 1.47. The third kappa shape index (κ3) is 5.51. The maximum absolute atomic E-state index is 12.5. The molecule has 0 spiro atoms. The van der Waals surface area contributed by atoms with Crippen molar-refractivity contribution in [2.45, 2.75) is 19.8 Å². The first kappa shape index (κ1) is 19.3. The number of hydrogen-bond acceptors (Lipinski definition) is 3. The fourth-order valence-electron chi connectivity index (χ4n) is 2.34. The summed E-state index contributed by atoms with van der Waals surface area (Å²) >= 11 is 0. The van der Waals surface area contributed by atoms with Gasteiger partial charge in [0.05, 0.1) is 0 Å². The first-order chi connectivity index (χ1) is 12.2. The summed E-state index contributed by atoms with van der Waals surface area (Å²) in [4.78, 5) is 24.9. The average Bonchev–Trinajstić information content (AvgIpc) is 2.54. The van der Waals surface area contributed by atoms with E-state index in [1.54, 1.807) is 24.3 Å². The van der Waals surface area contributed by atoms with E-state index in [-0.39, 0.29) is 23.8 Å². The summed E-state index contributed by atoms with van der Waals surface area (Å²) in [5.41, 5.74) is 0.976. The molecular weight excluding hydrogens is 349 g/mol. The monoisotopic (exact) mass is 366 g/mol. The topological polar surface area (TPSA) is 58.6 Å². The standard InChI is InChI=1S/C18H17F3N2O3/c1-12(24)22-15-8-5-7-13(10-15)17(25)23(2)11-14-6-3-4-9-16(14)26-18(19,20)21/h3-10H,11H2,1-2H3,(H,22,24). The fraction of sp³-hybridized carbons (Fsp3) is 0.222. The van der Waals surface area contributed by atoms with Gasteiger partial charge in [-0.15, -0.1) is 13.2 Å². The Morgan fingerprint density at radius 1 is 1.12 bits per heavy atom. The number of anilines is 1. The summed E-state index contributed by atoms with van der Waals surface area (Å²) in [5, 5.41) is 2.57. The zero-order chi connectivity index (χ0) is 19.3. The molecule has 0 aliphatic carbocycles. The normalized spacial score (nSPS) is 11.0. The second-order valence-corrected chi connectivity index (χ2v) is 5.58. The zero-order valence-electron chi connectivity index (χ0n) is 14.1. The fourth-order valence-corrected chi connectivity index (χ4v) is 2.34. The van der Waals surface area contributed by atoms with E-state index in [1.807, 2.05) is 0 Å². The Labute approximate surface area is 148 Å². The van der Waals surface area contributed by atoms with Crippen LogP contribution >= 0.6 is 0 Å². The molecule has 0 saturated carbocycles. The number of alkyl halides is 3. The van der Waals surface area contributed by atoms with Crippen molar-refractivity contribution in [1.29, 1.82) is 0 Å². The minimum Gasteiger partial charge on any atom is -0.405 e. The van der Waals surface area contributed by atoms with Crippen molar-refractivity contribution in [2.75, 3.05) is 12.4 Å². The van der Waals surface area contributed by atoms with Gasteiger partial charge in [0.2, 0.25) is 5.91 Å². The van der Waals surface area contributed by atoms with Crippen LogP contribution in [0.1, 0.15) is 22.8 Å². The number of amides is 2. The minimum atomic E-state index is -4.81. The number of hydrogen-bond donors (Lipinski definition) is 1. The van der Waals surface area contributed by atoms with E-state index in [0.717, 1.165) is 0 Å². The molecule has 0 atom stereocenters. The predicted molar refractivity (Wildman–Crippen MR) is 89.7 cm³/mol. The number of nitrogens with one attached hydrogen (secondary N) is 1. The van der Waals surface area contributed by atoms with Crippen LogP contribution in [0.4, 0.5) is 18.9 Å². The lowest BCUT2D eigenvalue weighted by atomic mass is 10.1. The van der Waals surface area contributed by atoms with E-state index in [1.165, 1.54) is 43.1 Å². The van der Waals surface area contributed by atoms with Crippen LogP contribution in [0.3, 0.4) is 0 Å². The summed E-state index contributed by atoms with van der Waals surface area (Å²) in [6, 6.07) is 11.9. The van der Waals surface area contributed by atoms with E-state index < -0.39 is 12.3 Å². The molecule has 2 aromatic carbocycles. The Bertz CT molecular complexity index is 806. The van der Waals surface area contributed by atoms with Crippen LogP contribution < -0.4 is 10.1 Å². The molecule has 0 aliphatic rings. The van der Waals surface area contributed by atoms with Crippen LogP contribution in [0.15, 0.2) is 48.5 Å². The highest BCUT2D eigenvalue weighted by molar-refractivity contribution is 5.96. The molecule has 0 radical (unpaired) electrons. The highest BCUT2D eigenvalue weighted by Gasteiger charge is 2.32. The van der Waals surface area contributed by atoms with Gasteiger partial charge in [-0.3, -0.25) is 9.59 Å². The highest BCUT2D eigenvalue weighted by Crippen LogP contribution is 2.27. The molecule has 138 valence electrons. The Morgan fingerprint density at radius 3 is 2.46 bits per heavy atom. The largest absolute Gasteiger partial charge is 0.573 e. The molecule has 0 bridgehead atoms. The van der Waals surface area contributed by atoms with Gasteiger partial charge in [-0.1, -0.05) is 24.3 Å². The van der Waals surface area contributed by atoms with Crippen molar-refractivity contribution in [3.05, 3.63) is 59.7 Å². The van der Waals surface area contributed by atoms with Crippen molar-refractivity contribution in [1.82, 2.24) is 4.90 Å². The Hall–Kier alpha value is -3.03. The van der Waals surface area contributed by atoms with Gasteiger partial charge in [0, 0.05) is 37.3 Å². The second kappa shape index (κ2) is 7.90. The van der Waals surface area contributed by atoms with Crippen LogP contribution in [-0.4, -0.2) is 30.1 Å². The van der Waals surface area contributed by atoms with Gasteiger partial charge in [-0.05, 0) is 24.3 Å². The first-order valence-electron chi connectivity index (χ1n) is 7.62. The van der Waals surface area contributed by atoms with E-state index in [2.05, 4.69) is 10.1 Å². The van der Waals surface area contributed by atoms with Gasteiger partial charge in [0.1, 0.15) is 5.75 Å². The number of carbonyl (C=O) groups is 2. The lowest BCUT2D eigenvalue weighted by Crippen LogP contribution is -2.27. The third-order valence-corrected chi connectivity index (χ3v) is 3.38. The quantitative estimate of drug-likeness (QED) is 0.875. The molecule has 26 heavy (non-hydrogen) atoms. The molecule has 0 aliphatic heterocycles. The lowest BCUT2D eigenvalue weighted by molar-refractivity contribution is -0.275. The Balaban J connectivity index is 2.16. The van der Waals surface area contributed by atoms with Crippen LogP contribution in [0.2, 0.25) is 0 Å². The number of nitrogens with zero attached hydrogens (tertiary/aromatic N) is 1. The van der Waals surface area contributed by atoms with E-state index in [4.69, 9.17) is 0 Å². The summed E-state index contributed by atoms with van der Waals surface area (Å²) < 4.78 is 41.5.